The first kappa shape index (κ1) is 12.5. The molecule has 0 amide bonds. The van der Waals surface area contributed by atoms with E-state index in [4.69, 9.17) is 5.11 Å². The second-order valence-corrected chi connectivity index (χ2v) is 4.88. The summed E-state index contributed by atoms with van der Waals surface area (Å²) in [4.78, 5) is 35.4. The molecule has 2 aromatic heterocycles. The van der Waals surface area contributed by atoms with Gasteiger partial charge in [0.25, 0.3) is 0 Å². The summed E-state index contributed by atoms with van der Waals surface area (Å²) in [6.45, 7) is 3.81. The van der Waals surface area contributed by atoms with E-state index in [1.54, 1.807) is 4.57 Å². The van der Waals surface area contributed by atoms with E-state index < -0.39 is 11.4 Å². The third-order valence-corrected chi connectivity index (χ3v) is 3.94. The normalized spacial score (nSPS) is 10.8. The van der Waals surface area contributed by atoms with Crippen molar-refractivity contribution in [1.29, 1.82) is 0 Å². The van der Waals surface area contributed by atoms with Crippen LogP contribution in [0.2, 0.25) is 0 Å². The highest BCUT2D eigenvalue weighted by atomic mass is 32.1. The number of carboxylic acids is 1. The minimum atomic E-state index is -1.25. The standard InChI is InChI=1S/C12H11NO4S/c1-3-13-5-8(12(16)17)10(15)7-4-9(6(2)14)18-11(7)13/h4-5H,3H2,1-2H3,(H,16,17). The van der Waals surface area contributed by atoms with E-state index in [1.165, 1.54) is 30.5 Å². The molecule has 0 unspecified atom stereocenters. The number of hydrogen-bond acceptors (Lipinski definition) is 4. The maximum atomic E-state index is 12.0. The molecule has 0 aliphatic carbocycles. The number of carbonyl (C=O) groups excluding carboxylic acids is 1. The molecule has 0 saturated heterocycles. The lowest BCUT2D eigenvalue weighted by atomic mass is 10.2. The zero-order valence-corrected chi connectivity index (χ0v) is 10.7. The van der Waals surface area contributed by atoms with Crippen LogP contribution in [-0.2, 0) is 6.54 Å². The number of fused-ring (bicyclic) bond motifs is 1. The van der Waals surface area contributed by atoms with Gasteiger partial charge in [0, 0.05) is 12.7 Å². The van der Waals surface area contributed by atoms with Gasteiger partial charge in [0.05, 0.1) is 10.3 Å². The predicted molar refractivity (Wildman–Crippen MR) is 68.7 cm³/mol. The zero-order chi connectivity index (χ0) is 13.4. The Labute approximate surface area is 106 Å². The number of aryl methyl sites for hydroxylation is 1. The maximum Gasteiger partial charge on any atom is 0.341 e. The third kappa shape index (κ3) is 1.84. The molecule has 94 valence electrons. The van der Waals surface area contributed by atoms with Gasteiger partial charge in [-0.25, -0.2) is 4.79 Å². The number of Topliss-reactive ketones (excluding diaryl/α,β-unsaturated/α-hetero) is 1. The fourth-order valence-corrected chi connectivity index (χ4v) is 2.83. The lowest BCUT2D eigenvalue weighted by Crippen LogP contribution is -2.17. The van der Waals surface area contributed by atoms with Crippen molar-refractivity contribution in [3.63, 3.8) is 0 Å². The first-order chi connectivity index (χ1) is 8.45. The molecule has 2 rings (SSSR count). The molecule has 0 fully saturated rings. The van der Waals surface area contributed by atoms with E-state index in [9.17, 15) is 14.4 Å². The average Bonchev–Trinajstić information content (AvgIpc) is 2.74. The Morgan fingerprint density at radius 2 is 2.11 bits per heavy atom. The largest absolute Gasteiger partial charge is 0.477 e. The lowest BCUT2D eigenvalue weighted by molar-refractivity contribution is 0.0694. The van der Waals surface area contributed by atoms with Gasteiger partial charge in [-0.3, -0.25) is 9.59 Å². The van der Waals surface area contributed by atoms with Crippen LogP contribution in [0.4, 0.5) is 0 Å². The van der Waals surface area contributed by atoms with Crippen LogP contribution < -0.4 is 5.43 Å². The second-order valence-electron chi connectivity index (χ2n) is 3.85. The number of carbonyl (C=O) groups is 2. The van der Waals surface area contributed by atoms with Crippen LogP contribution in [0, 0.1) is 0 Å². The van der Waals surface area contributed by atoms with Crippen molar-refractivity contribution in [1.82, 2.24) is 4.57 Å². The molecule has 18 heavy (non-hydrogen) atoms. The smallest absolute Gasteiger partial charge is 0.341 e. The Morgan fingerprint density at radius 3 is 2.61 bits per heavy atom. The molecule has 0 saturated carbocycles. The first-order valence-corrected chi connectivity index (χ1v) is 6.18. The van der Waals surface area contributed by atoms with E-state index in [0.29, 0.717) is 21.6 Å². The van der Waals surface area contributed by atoms with Gasteiger partial charge in [0.2, 0.25) is 5.43 Å². The molecule has 2 heterocycles. The van der Waals surface area contributed by atoms with Gasteiger partial charge in [-0.2, -0.15) is 0 Å². The number of aromatic carboxylic acids is 1. The number of carboxylic acid groups (broad SMARTS) is 1. The van der Waals surface area contributed by atoms with E-state index >= 15 is 0 Å². The van der Waals surface area contributed by atoms with Crippen molar-refractivity contribution in [3.8, 4) is 0 Å². The van der Waals surface area contributed by atoms with Gasteiger partial charge in [0.15, 0.2) is 5.78 Å². The molecular formula is C12H11NO4S. The number of pyridine rings is 1. The predicted octanol–water partition coefficient (Wildman–Crippen LogP) is 1.98. The molecule has 1 N–H and O–H groups in total. The SMILES string of the molecule is CCn1cc(C(=O)O)c(=O)c2cc(C(C)=O)sc21. The summed E-state index contributed by atoms with van der Waals surface area (Å²) in [7, 11) is 0. The van der Waals surface area contributed by atoms with Crippen molar-refractivity contribution < 1.29 is 14.7 Å². The first-order valence-electron chi connectivity index (χ1n) is 5.37. The summed E-state index contributed by atoms with van der Waals surface area (Å²) in [5.41, 5.74) is -0.803. The van der Waals surface area contributed by atoms with Crippen molar-refractivity contribution in [2.45, 2.75) is 20.4 Å². The van der Waals surface area contributed by atoms with Crippen LogP contribution in [-0.4, -0.2) is 21.4 Å². The van der Waals surface area contributed by atoms with Gasteiger partial charge >= 0.3 is 5.97 Å². The van der Waals surface area contributed by atoms with Crippen LogP contribution in [0.1, 0.15) is 33.9 Å². The van der Waals surface area contributed by atoms with E-state index in [-0.39, 0.29) is 11.3 Å². The third-order valence-electron chi connectivity index (χ3n) is 2.67. The van der Waals surface area contributed by atoms with Crippen LogP contribution in [0.15, 0.2) is 17.1 Å². The molecular weight excluding hydrogens is 254 g/mol. The van der Waals surface area contributed by atoms with Crippen LogP contribution >= 0.6 is 11.3 Å². The monoisotopic (exact) mass is 265 g/mol. The fourth-order valence-electron chi connectivity index (χ4n) is 1.74. The summed E-state index contributed by atoms with van der Waals surface area (Å²) in [5.74, 6) is -1.38. The van der Waals surface area contributed by atoms with Crippen LogP contribution in [0.5, 0.6) is 0 Å². The number of thiophene rings is 1. The highest BCUT2D eigenvalue weighted by molar-refractivity contribution is 7.20. The molecule has 6 heteroatoms. The number of ketones is 1. The van der Waals surface area contributed by atoms with Crippen molar-refractivity contribution >= 4 is 33.3 Å². The van der Waals surface area contributed by atoms with Crippen LogP contribution in [0.3, 0.4) is 0 Å². The number of rotatable bonds is 3. The second kappa shape index (κ2) is 4.38. The number of aromatic nitrogens is 1. The zero-order valence-electron chi connectivity index (χ0n) is 9.89. The number of hydrogen-bond donors (Lipinski definition) is 1. The molecule has 0 atom stereocenters. The van der Waals surface area contributed by atoms with Gasteiger partial charge in [-0.1, -0.05) is 0 Å². The topological polar surface area (TPSA) is 76.4 Å². The Balaban J connectivity index is 2.90. The van der Waals surface area contributed by atoms with Gasteiger partial charge in [-0.15, -0.1) is 11.3 Å². The number of nitrogens with zero attached hydrogens (tertiary/aromatic N) is 1. The Hall–Kier alpha value is -1.95. The summed E-state index contributed by atoms with van der Waals surface area (Å²) in [6, 6.07) is 1.48. The lowest BCUT2D eigenvalue weighted by Gasteiger charge is -2.05. The summed E-state index contributed by atoms with van der Waals surface area (Å²) in [5, 5.41) is 9.28. The molecule has 0 radical (unpaired) electrons. The molecule has 0 aromatic carbocycles. The van der Waals surface area contributed by atoms with Crippen molar-refractivity contribution in [2.75, 3.05) is 0 Å². The van der Waals surface area contributed by atoms with Crippen LogP contribution in [0.25, 0.3) is 10.2 Å². The minimum Gasteiger partial charge on any atom is -0.477 e. The average molecular weight is 265 g/mol. The fraction of sp³-hybridized carbons (Fsp3) is 0.250. The molecule has 5 nitrogen and oxygen atoms in total. The van der Waals surface area contributed by atoms with Crippen molar-refractivity contribution in [3.05, 3.63) is 32.9 Å². The Morgan fingerprint density at radius 1 is 1.44 bits per heavy atom. The molecule has 2 aromatic rings. The van der Waals surface area contributed by atoms with Gasteiger partial charge in [-0.05, 0) is 19.9 Å². The van der Waals surface area contributed by atoms with E-state index in [1.807, 2.05) is 6.92 Å². The highest BCUT2D eigenvalue weighted by Gasteiger charge is 2.17. The van der Waals surface area contributed by atoms with E-state index in [2.05, 4.69) is 0 Å². The summed E-state index contributed by atoms with van der Waals surface area (Å²) < 4.78 is 1.68. The minimum absolute atomic E-state index is 0.130. The summed E-state index contributed by atoms with van der Waals surface area (Å²) in [6.07, 6.45) is 1.33. The molecule has 0 bridgehead atoms. The Bertz CT molecular complexity index is 711. The molecule has 0 aliphatic rings. The quantitative estimate of drug-likeness (QED) is 0.861. The van der Waals surface area contributed by atoms with Gasteiger partial charge < -0.3 is 9.67 Å². The van der Waals surface area contributed by atoms with E-state index in [0.717, 1.165) is 0 Å². The summed E-state index contributed by atoms with van der Waals surface area (Å²) >= 11 is 1.21. The molecule has 0 aliphatic heterocycles. The van der Waals surface area contributed by atoms with Gasteiger partial charge in [0.1, 0.15) is 10.4 Å². The van der Waals surface area contributed by atoms with Crippen molar-refractivity contribution in [2.24, 2.45) is 0 Å². The molecule has 0 spiro atoms. The maximum absolute atomic E-state index is 12.0. The highest BCUT2D eigenvalue weighted by Crippen LogP contribution is 2.24. The Kier molecular flexibility index (Phi) is 3.04.